The molecule has 1 aromatic heterocycles. The van der Waals surface area contributed by atoms with Crippen LogP contribution in [0.25, 0.3) is 11.3 Å². The zero-order chi connectivity index (χ0) is 17.1. The lowest BCUT2D eigenvalue weighted by Gasteiger charge is -2.07. The molecule has 0 saturated carbocycles. The predicted octanol–water partition coefficient (Wildman–Crippen LogP) is 5.03. The molecule has 0 aliphatic carbocycles. The molecule has 24 heavy (non-hydrogen) atoms. The van der Waals surface area contributed by atoms with Gasteiger partial charge in [-0.2, -0.15) is 0 Å². The van der Waals surface area contributed by atoms with Crippen LogP contribution in [0.5, 0.6) is 5.75 Å². The SMILES string of the molecule is COc1ccc(C)cc1-c1csc(NC(=O)c2ccccc2Cl)n1. The Morgan fingerprint density at radius 2 is 2.04 bits per heavy atom. The van der Waals surface area contributed by atoms with E-state index in [9.17, 15) is 4.79 Å². The van der Waals surface area contributed by atoms with Gasteiger partial charge in [-0.1, -0.05) is 35.4 Å². The van der Waals surface area contributed by atoms with Crippen LogP contribution in [-0.2, 0) is 0 Å². The Kier molecular flexibility index (Phi) is 4.83. The zero-order valence-electron chi connectivity index (χ0n) is 13.2. The van der Waals surface area contributed by atoms with Gasteiger partial charge >= 0.3 is 0 Å². The fraction of sp³-hybridized carbons (Fsp3) is 0.111. The van der Waals surface area contributed by atoms with Crippen LogP contribution in [0.15, 0.2) is 47.8 Å². The minimum Gasteiger partial charge on any atom is -0.496 e. The summed E-state index contributed by atoms with van der Waals surface area (Å²) in [6, 6.07) is 12.8. The number of halogens is 1. The Morgan fingerprint density at radius 1 is 1.25 bits per heavy atom. The van der Waals surface area contributed by atoms with Gasteiger partial charge in [0.2, 0.25) is 0 Å². The van der Waals surface area contributed by atoms with Crippen LogP contribution in [0.2, 0.25) is 5.02 Å². The zero-order valence-corrected chi connectivity index (χ0v) is 14.7. The molecule has 3 rings (SSSR count). The van der Waals surface area contributed by atoms with Crippen molar-refractivity contribution in [1.29, 1.82) is 0 Å². The maximum absolute atomic E-state index is 12.3. The molecule has 0 saturated heterocycles. The number of carbonyl (C=O) groups excluding carboxylic acids is 1. The van der Waals surface area contributed by atoms with Crippen molar-refractivity contribution in [2.45, 2.75) is 6.92 Å². The number of aromatic nitrogens is 1. The normalized spacial score (nSPS) is 10.5. The third kappa shape index (κ3) is 3.42. The number of nitrogens with zero attached hydrogens (tertiary/aromatic N) is 1. The maximum atomic E-state index is 12.3. The number of hydrogen-bond acceptors (Lipinski definition) is 4. The molecule has 1 amide bonds. The van der Waals surface area contributed by atoms with Crippen LogP contribution >= 0.6 is 22.9 Å². The number of amides is 1. The van der Waals surface area contributed by atoms with E-state index in [0.29, 0.717) is 15.7 Å². The Balaban J connectivity index is 1.85. The fourth-order valence-electron chi connectivity index (χ4n) is 2.29. The highest BCUT2D eigenvalue weighted by molar-refractivity contribution is 7.14. The molecular weight excluding hydrogens is 344 g/mol. The first-order valence-electron chi connectivity index (χ1n) is 7.25. The second-order valence-electron chi connectivity index (χ2n) is 5.18. The predicted molar refractivity (Wildman–Crippen MR) is 98.2 cm³/mol. The number of methoxy groups -OCH3 is 1. The first-order valence-corrected chi connectivity index (χ1v) is 8.50. The molecule has 6 heteroatoms. The molecule has 0 atom stereocenters. The van der Waals surface area contributed by atoms with Crippen molar-refractivity contribution >= 4 is 34.0 Å². The number of anilines is 1. The minimum absolute atomic E-state index is 0.280. The highest BCUT2D eigenvalue weighted by Gasteiger charge is 2.14. The lowest BCUT2D eigenvalue weighted by Crippen LogP contribution is -2.12. The topological polar surface area (TPSA) is 51.2 Å². The van der Waals surface area contributed by atoms with Crippen LogP contribution in [-0.4, -0.2) is 18.0 Å². The molecule has 1 N–H and O–H groups in total. The first kappa shape index (κ1) is 16.5. The molecule has 0 fully saturated rings. The molecule has 2 aromatic carbocycles. The second-order valence-corrected chi connectivity index (χ2v) is 6.44. The molecule has 0 unspecified atom stereocenters. The van der Waals surface area contributed by atoms with Crippen LogP contribution < -0.4 is 10.1 Å². The number of rotatable bonds is 4. The maximum Gasteiger partial charge on any atom is 0.258 e. The summed E-state index contributed by atoms with van der Waals surface area (Å²) in [4.78, 5) is 16.8. The van der Waals surface area contributed by atoms with Gasteiger partial charge in [0.1, 0.15) is 5.75 Å². The van der Waals surface area contributed by atoms with E-state index in [1.54, 1.807) is 31.4 Å². The van der Waals surface area contributed by atoms with Gasteiger partial charge in [0, 0.05) is 10.9 Å². The summed E-state index contributed by atoms with van der Waals surface area (Å²) < 4.78 is 5.39. The van der Waals surface area contributed by atoms with Gasteiger partial charge in [-0.25, -0.2) is 4.98 Å². The van der Waals surface area contributed by atoms with Crippen molar-refractivity contribution in [3.63, 3.8) is 0 Å². The van der Waals surface area contributed by atoms with Gasteiger partial charge in [0.05, 0.1) is 23.4 Å². The highest BCUT2D eigenvalue weighted by atomic mass is 35.5. The van der Waals surface area contributed by atoms with E-state index in [1.807, 2.05) is 30.5 Å². The fourth-order valence-corrected chi connectivity index (χ4v) is 3.21. The Bertz CT molecular complexity index is 892. The molecule has 0 spiro atoms. The summed E-state index contributed by atoms with van der Waals surface area (Å²) in [7, 11) is 1.63. The standard InChI is InChI=1S/C18H15ClN2O2S/c1-11-7-8-16(23-2)13(9-11)15-10-24-18(20-15)21-17(22)12-5-3-4-6-14(12)19/h3-10H,1-2H3,(H,20,21,22). The van der Waals surface area contributed by atoms with Gasteiger partial charge < -0.3 is 4.74 Å². The summed E-state index contributed by atoms with van der Waals surface area (Å²) in [5.41, 5.74) is 3.19. The van der Waals surface area contributed by atoms with Crippen LogP contribution in [0.4, 0.5) is 5.13 Å². The Morgan fingerprint density at radius 3 is 2.79 bits per heavy atom. The van der Waals surface area contributed by atoms with Crippen molar-refractivity contribution in [2.75, 3.05) is 12.4 Å². The third-order valence-electron chi connectivity index (χ3n) is 3.47. The Labute approximate surface area is 149 Å². The van der Waals surface area contributed by atoms with Crippen molar-refractivity contribution in [3.05, 3.63) is 64.0 Å². The number of ether oxygens (including phenoxy) is 1. The van der Waals surface area contributed by atoms with Crippen molar-refractivity contribution in [2.24, 2.45) is 0 Å². The third-order valence-corrected chi connectivity index (χ3v) is 4.56. The van der Waals surface area contributed by atoms with Crippen LogP contribution in [0, 0.1) is 6.92 Å². The number of nitrogens with one attached hydrogen (secondary N) is 1. The molecule has 0 bridgehead atoms. The second kappa shape index (κ2) is 7.03. The molecule has 0 radical (unpaired) electrons. The largest absolute Gasteiger partial charge is 0.496 e. The number of thiazole rings is 1. The van der Waals surface area contributed by atoms with E-state index in [1.165, 1.54) is 11.3 Å². The van der Waals surface area contributed by atoms with E-state index in [-0.39, 0.29) is 5.91 Å². The molecule has 0 aliphatic heterocycles. The molecule has 122 valence electrons. The van der Waals surface area contributed by atoms with E-state index in [0.717, 1.165) is 22.6 Å². The van der Waals surface area contributed by atoms with Gasteiger partial charge in [0.25, 0.3) is 5.91 Å². The highest BCUT2D eigenvalue weighted by Crippen LogP contribution is 2.33. The Hall–Kier alpha value is -2.37. The van der Waals surface area contributed by atoms with Crippen LogP contribution in [0.3, 0.4) is 0 Å². The summed E-state index contributed by atoms with van der Waals surface area (Å²) in [5, 5.41) is 5.59. The summed E-state index contributed by atoms with van der Waals surface area (Å²) in [6.45, 7) is 2.01. The van der Waals surface area contributed by atoms with E-state index in [4.69, 9.17) is 16.3 Å². The monoisotopic (exact) mass is 358 g/mol. The van der Waals surface area contributed by atoms with E-state index in [2.05, 4.69) is 10.3 Å². The van der Waals surface area contributed by atoms with Gasteiger partial charge in [0.15, 0.2) is 5.13 Å². The molecule has 1 heterocycles. The van der Waals surface area contributed by atoms with E-state index < -0.39 is 0 Å². The molecule has 0 aliphatic rings. The number of carbonyl (C=O) groups is 1. The van der Waals surface area contributed by atoms with Crippen molar-refractivity contribution in [3.8, 4) is 17.0 Å². The molecule has 3 aromatic rings. The van der Waals surface area contributed by atoms with Gasteiger partial charge in [-0.15, -0.1) is 11.3 Å². The van der Waals surface area contributed by atoms with Crippen LogP contribution in [0.1, 0.15) is 15.9 Å². The summed E-state index contributed by atoms with van der Waals surface area (Å²) >= 11 is 7.41. The van der Waals surface area contributed by atoms with Gasteiger partial charge in [-0.3, -0.25) is 10.1 Å². The lowest BCUT2D eigenvalue weighted by molar-refractivity contribution is 0.102. The molecular formula is C18H15ClN2O2S. The lowest BCUT2D eigenvalue weighted by atomic mass is 10.1. The quantitative estimate of drug-likeness (QED) is 0.711. The van der Waals surface area contributed by atoms with Crippen molar-refractivity contribution < 1.29 is 9.53 Å². The van der Waals surface area contributed by atoms with Gasteiger partial charge in [-0.05, 0) is 31.2 Å². The molecule has 4 nitrogen and oxygen atoms in total. The first-order chi connectivity index (χ1) is 11.6. The van der Waals surface area contributed by atoms with Crippen molar-refractivity contribution in [1.82, 2.24) is 4.98 Å². The summed E-state index contributed by atoms with van der Waals surface area (Å²) in [6.07, 6.45) is 0. The van der Waals surface area contributed by atoms with E-state index >= 15 is 0 Å². The smallest absolute Gasteiger partial charge is 0.258 e. The number of hydrogen-bond donors (Lipinski definition) is 1. The average molecular weight is 359 g/mol. The number of benzene rings is 2. The minimum atomic E-state index is -0.280. The average Bonchev–Trinajstić information content (AvgIpc) is 3.03. The summed E-state index contributed by atoms with van der Waals surface area (Å²) in [5.74, 6) is 0.465. The number of aryl methyl sites for hydroxylation is 1.